The maximum absolute atomic E-state index is 5.86. The minimum atomic E-state index is 0.558. The van der Waals surface area contributed by atoms with Gasteiger partial charge >= 0.3 is 0 Å². The summed E-state index contributed by atoms with van der Waals surface area (Å²) in [7, 11) is 4.32. The summed E-state index contributed by atoms with van der Waals surface area (Å²) in [6, 6.07) is 6.50. The molecule has 1 aliphatic heterocycles. The smallest absolute Gasteiger partial charge is 0.148 e. The van der Waals surface area contributed by atoms with Crippen molar-refractivity contribution < 1.29 is 0 Å². The van der Waals surface area contributed by atoms with Crippen LogP contribution in [0.1, 0.15) is 17.0 Å². The van der Waals surface area contributed by atoms with E-state index in [1.54, 1.807) is 4.68 Å². The normalized spacial score (nSPS) is 16.1. The molecule has 2 aromatic rings. The molecule has 0 unspecified atom stereocenters. The summed E-state index contributed by atoms with van der Waals surface area (Å²) >= 11 is 0. The average Bonchev–Trinajstić information content (AvgIpc) is 2.92. The maximum atomic E-state index is 5.86. The minimum Gasteiger partial charge on any atom is -0.326 e. The molecule has 0 aliphatic carbocycles. The van der Waals surface area contributed by atoms with E-state index in [-0.39, 0.29) is 0 Å². The summed E-state index contributed by atoms with van der Waals surface area (Å²) in [4.78, 5) is 0. The lowest BCUT2D eigenvalue weighted by atomic mass is 10.0. The minimum absolute atomic E-state index is 0.558. The van der Waals surface area contributed by atoms with Gasteiger partial charge in [-0.2, -0.15) is 0 Å². The summed E-state index contributed by atoms with van der Waals surface area (Å²) in [5.41, 5.74) is 10.8. The van der Waals surface area contributed by atoms with Gasteiger partial charge in [-0.05, 0) is 29.0 Å². The van der Waals surface area contributed by atoms with Crippen LogP contribution in [0, 0.1) is 6.92 Å². The topological polar surface area (TPSA) is 69.6 Å². The van der Waals surface area contributed by atoms with Crippen molar-refractivity contribution in [1.29, 1.82) is 0 Å². The van der Waals surface area contributed by atoms with Crippen LogP contribution in [0.2, 0.25) is 0 Å². The Labute approximate surface area is 118 Å². The number of fused-ring (bicyclic) bond motifs is 1. The molecule has 20 heavy (non-hydrogen) atoms. The molecule has 0 bridgehead atoms. The average molecular weight is 271 g/mol. The van der Waals surface area contributed by atoms with Crippen LogP contribution >= 0.6 is 0 Å². The molecular weight excluding hydrogens is 252 g/mol. The number of tetrazole rings is 1. The highest BCUT2D eigenvalue weighted by Crippen LogP contribution is 2.38. The molecule has 3 rings (SSSR count). The molecule has 0 spiro atoms. The van der Waals surface area contributed by atoms with Gasteiger partial charge in [-0.1, -0.05) is 6.07 Å². The number of aryl methyl sites for hydroxylation is 1. The zero-order chi connectivity index (χ0) is 14.3. The molecule has 6 heteroatoms. The predicted octanol–water partition coefficient (Wildman–Crippen LogP) is 0.910. The van der Waals surface area contributed by atoms with Gasteiger partial charge in [0, 0.05) is 23.7 Å². The SMILES string of the molecule is Cc1nnnn1Cc1ccc2c(c1)C(CN)=C[N+]2(C)C. The molecule has 0 amide bonds. The summed E-state index contributed by atoms with van der Waals surface area (Å²) < 4.78 is 2.54. The highest BCUT2D eigenvalue weighted by molar-refractivity contribution is 5.83. The number of aromatic nitrogens is 4. The molecule has 1 aromatic carbocycles. The lowest BCUT2D eigenvalue weighted by Crippen LogP contribution is -2.31. The van der Waals surface area contributed by atoms with Crippen LogP contribution in [0.25, 0.3) is 5.57 Å². The van der Waals surface area contributed by atoms with Crippen LogP contribution in [0.5, 0.6) is 0 Å². The van der Waals surface area contributed by atoms with Gasteiger partial charge in [-0.3, -0.25) is 4.48 Å². The number of benzene rings is 1. The van der Waals surface area contributed by atoms with Crippen molar-refractivity contribution in [2.75, 3.05) is 20.6 Å². The molecular formula is C14H19N6+. The number of hydrogen-bond acceptors (Lipinski definition) is 4. The van der Waals surface area contributed by atoms with Crippen LogP contribution in [0.3, 0.4) is 0 Å². The Bertz CT molecular complexity index is 683. The van der Waals surface area contributed by atoms with Crippen LogP contribution in [0.4, 0.5) is 5.69 Å². The van der Waals surface area contributed by atoms with Crippen molar-refractivity contribution in [2.24, 2.45) is 5.73 Å². The van der Waals surface area contributed by atoms with E-state index < -0.39 is 0 Å². The molecule has 2 N–H and O–H groups in total. The first kappa shape index (κ1) is 13.0. The number of quaternary nitrogens is 1. The highest BCUT2D eigenvalue weighted by Gasteiger charge is 2.30. The largest absolute Gasteiger partial charge is 0.326 e. The van der Waals surface area contributed by atoms with Gasteiger partial charge < -0.3 is 5.73 Å². The Kier molecular flexibility index (Phi) is 2.92. The van der Waals surface area contributed by atoms with E-state index in [1.165, 1.54) is 22.4 Å². The monoisotopic (exact) mass is 271 g/mol. The van der Waals surface area contributed by atoms with Gasteiger partial charge in [0.1, 0.15) is 17.7 Å². The van der Waals surface area contributed by atoms with Crippen molar-refractivity contribution in [3.8, 4) is 0 Å². The van der Waals surface area contributed by atoms with Crippen LogP contribution < -0.4 is 10.2 Å². The second-order valence-corrected chi connectivity index (χ2v) is 5.63. The zero-order valence-corrected chi connectivity index (χ0v) is 12.0. The number of rotatable bonds is 3. The van der Waals surface area contributed by atoms with E-state index in [0.717, 1.165) is 10.3 Å². The molecule has 0 atom stereocenters. The Morgan fingerprint density at radius 2 is 2.10 bits per heavy atom. The summed E-state index contributed by atoms with van der Waals surface area (Å²) in [5, 5.41) is 11.6. The molecule has 1 aliphatic rings. The Hall–Kier alpha value is -2.05. The van der Waals surface area contributed by atoms with E-state index in [2.05, 4.69) is 54.0 Å². The van der Waals surface area contributed by atoms with Crippen LogP contribution in [0.15, 0.2) is 24.4 Å². The Balaban J connectivity index is 1.98. The second kappa shape index (κ2) is 4.50. The highest BCUT2D eigenvalue weighted by atomic mass is 15.5. The lowest BCUT2D eigenvalue weighted by Gasteiger charge is -2.21. The van der Waals surface area contributed by atoms with Crippen LogP contribution in [-0.2, 0) is 6.54 Å². The predicted molar refractivity (Wildman–Crippen MR) is 78.8 cm³/mol. The van der Waals surface area contributed by atoms with Crippen molar-refractivity contribution in [1.82, 2.24) is 24.7 Å². The van der Waals surface area contributed by atoms with Crippen molar-refractivity contribution >= 4 is 11.3 Å². The fraction of sp³-hybridized carbons (Fsp3) is 0.357. The number of hydrogen-bond donors (Lipinski definition) is 1. The third kappa shape index (κ3) is 2.03. The van der Waals surface area contributed by atoms with Gasteiger partial charge in [0.05, 0.1) is 20.6 Å². The quantitative estimate of drug-likeness (QED) is 0.842. The van der Waals surface area contributed by atoms with Gasteiger partial charge in [0.25, 0.3) is 0 Å². The fourth-order valence-electron chi connectivity index (χ4n) is 2.70. The fourth-order valence-corrected chi connectivity index (χ4v) is 2.70. The summed E-state index contributed by atoms with van der Waals surface area (Å²) in [5.74, 6) is 0.816. The summed E-state index contributed by atoms with van der Waals surface area (Å²) in [6.07, 6.45) is 2.21. The first-order chi connectivity index (χ1) is 9.51. The third-order valence-electron chi connectivity index (χ3n) is 3.77. The van der Waals surface area contributed by atoms with Gasteiger partial charge in [-0.15, -0.1) is 5.10 Å². The van der Waals surface area contributed by atoms with Gasteiger partial charge in [0.2, 0.25) is 0 Å². The van der Waals surface area contributed by atoms with E-state index in [4.69, 9.17) is 5.73 Å². The molecule has 0 fully saturated rings. The molecule has 104 valence electrons. The molecule has 1 aromatic heterocycles. The third-order valence-corrected chi connectivity index (χ3v) is 3.77. The molecule has 2 heterocycles. The van der Waals surface area contributed by atoms with Crippen LogP contribution in [-0.4, -0.2) is 40.8 Å². The molecule has 6 nitrogen and oxygen atoms in total. The van der Waals surface area contributed by atoms with Gasteiger partial charge in [0.15, 0.2) is 0 Å². The molecule has 0 saturated carbocycles. The van der Waals surface area contributed by atoms with Crippen molar-refractivity contribution in [3.63, 3.8) is 0 Å². The Morgan fingerprint density at radius 1 is 1.30 bits per heavy atom. The number of nitrogens with two attached hydrogens (primary N) is 1. The van der Waals surface area contributed by atoms with Crippen molar-refractivity contribution in [3.05, 3.63) is 41.4 Å². The maximum Gasteiger partial charge on any atom is 0.148 e. The molecule has 0 radical (unpaired) electrons. The van der Waals surface area contributed by atoms with E-state index in [1.807, 2.05) is 6.92 Å². The van der Waals surface area contributed by atoms with E-state index >= 15 is 0 Å². The standard InChI is InChI=1S/C14H19N6/c1-10-16-17-18-19(10)8-11-4-5-14-13(6-11)12(7-15)9-20(14,2)3/h4-6,9H,7-8,15H2,1-3H3/q+1. The van der Waals surface area contributed by atoms with Crippen molar-refractivity contribution in [2.45, 2.75) is 13.5 Å². The zero-order valence-electron chi connectivity index (χ0n) is 12.0. The van der Waals surface area contributed by atoms with E-state index in [0.29, 0.717) is 13.1 Å². The molecule has 0 saturated heterocycles. The first-order valence-electron chi connectivity index (χ1n) is 6.63. The summed E-state index contributed by atoms with van der Waals surface area (Å²) in [6.45, 7) is 3.14. The Morgan fingerprint density at radius 3 is 2.75 bits per heavy atom. The number of nitrogens with zero attached hydrogens (tertiary/aromatic N) is 5. The first-order valence-corrected chi connectivity index (χ1v) is 6.63. The lowest BCUT2D eigenvalue weighted by molar-refractivity contribution is 0.550. The van der Waals surface area contributed by atoms with Gasteiger partial charge in [-0.25, -0.2) is 4.68 Å². The van der Waals surface area contributed by atoms with E-state index in [9.17, 15) is 0 Å². The second-order valence-electron chi connectivity index (χ2n) is 5.63.